The molecule has 1 aromatic carbocycles. The van der Waals surface area contributed by atoms with Crippen LogP contribution in [0.3, 0.4) is 0 Å². The number of fused-ring (bicyclic) bond motifs is 1. The van der Waals surface area contributed by atoms with Crippen LogP contribution in [0.4, 0.5) is 0 Å². The van der Waals surface area contributed by atoms with E-state index in [1.165, 1.54) is 13.1 Å². The molecule has 3 rings (SSSR count). The van der Waals surface area contributed by atoms with Gasteiger partial charge in [0.15, 0.2) is 0 Å². The van der Waals surface area contributed by atoms with E-state index in [1.807, 2.05) is 0 Å². The lowest BCUT2D eigenvalue weighted by Gasteiger charge is -2.23. The van der Waals surface area contributed by atoms with Crippen LogP contribution in [-0.2, 0) is 0 Å². The van der Waals surface area contributed by atoms with Gasteiger partial charge in [-0.2, -0.15) is 0 Å². The third-order valence-electron chi connectivity index (χ3n) is 4.03. The molecule has 2 N–H and O–H groups in total. The fraction of sp³-hybridized carbons (Fsp3) is 0.400. The second kappa shape index (κ2) is 6.46. The van der Waals surface area contributed by atoms with Crippen LogP contribution in [0.5, 0.6) is 0 Å². The molecule has 2 aliphatic rings. The number of hydrogen-bond donors (Lipinski definition) is 2. The normalized spacial score (nSPS) is 18.0. The number of hydrogen-bond acceptors (Lipinski definition) is 4. The predicted molar refractivity (Wildman–Crippen MR) is 83.5 cm³/mol. The SMILES string of the molecule is CN1C(=O)c2ccc(C(=O)NC3CCNCC3)cc2C1=O.Cl. The van der Waals surface area contributed by atoms with Crippen LogP contribution in [0.2, 0.25) is 0 Å². The van der Waals surface area contributed by atoms with E-state index in [1.54, 1.807) is 12.1 Å². The molecule has 3 amide bonds. The van der Waals surface area contributed by atoms with Gasteiger partial charge >= 0.3 is 0 Å². The van der Waals surface area contributed by atoms with Crippen molar-refractivity contribution in [2.24, 2.45) is 0 Å². The van der Waals surface area contributed by atoms with Gasteiger partial charge in [0, 0.05) is 18.7 Å². The van der Waals surface area contributed by atoms with E-state index in [0.29, 0.717) is 16.7 Å². The molecule has 0 aliphatic carbocycles. The number of benzene rings is 1. The average Bonchev–Trinajstić information content (AvgIpc) is 2.73. The van der Waals surface area contributed by atoms with Gasteiger partial charge in [0.25, 0.3) is 17.7 Å². The van der Waals surface area contributed by atoms with Crippen LogP contribution in [0.15, 0.2) is 18.2 Å². The van der Waals surface area contributed by atoms with Crippen molar-refractivity contribution in [3.05, 3.63) is 34.9 Å². The standard InChI is InChI=1S/C15H17N3O3.ClH/c1-18-14(20)11-3-2-9(8-12(11)15(18)21)13(19)17-10-4-6-16-7-5-10;/h2-3,8,10,16H,4-7H2,1H3,(H,17,19);1H. The molecule has 1 fully saturated rings. The second-order valence-corrected chi connectivity index (χ2v) is 5.43. The first-order valence-corrected chi connectivity index (χ1v) is 7.06. The lowest BCUT2D eigenvalue weighted by molar-refractivity contribution is 0.0693. The Kier molecular flexibility index (Phi) is 4.83. The van der Waals surface area contributed by atoms with Gasteiger partial charge in [-0.1, -0.05) is 0 Å². The fourth-order valence-corrected chi connectivity index (χ4v) is 2.74. The van der Waals surface area contributed by atoms with E-state index in [2.05, 4.69) is 10.6 Å². The van der Waals surface area contributed by atoms with Crippen LogP contribution in [0.1, 0.15) is 43.9 Å². The van der Waals surface area contributed by atoms with Crippen LogP contribution < -0.4 is 10.6 Å². The van der Waals surface area contributed by atoms with Crippen LogP contribution in [0.25, 0.3) is 0 Å². The van der Waals surface area contributed by atoms with E-state index in [-0.39, 0.29) is 36.2 Å². The molecule has 118 valence electrons. The minimum Gasteiger partial charge on any atom is -0.349 e. The number of carbonyl (C=O) groups excluding carboxylic acids is 3. The Morgan fingerprint density at radius 2 is 1.82 bits per heavy atom. The third-order valence-corrected chi connectivity index (χ3v) is 4.03. The van der Waals surface area contributed by atoms with E-state index in [0.717, 1.165) is 30.8 Å². The van der Waals surface area contributed by atoms with Gasteiger partial charge in [0.05, 0.1) is 11.1 Å². The summed E-state index contributed by atoms with van der Waals surface area (Å²) >= 11 is 0. The zero-order chi connectivity index (χ0) is 15.0. The quantitative estimate of drug-likeness (QED) is 0.790. The van der Waals surface area contributed by atoms with Crippen LogP contribution in [0, 0.1) is 0 Å². The molecule has 0 bridgehead atoms. The van der Waals surface area contributed by atoms with Gasteiger partial charge in [-0.05, 0) is 44.1 Å². The largest absolute Gasteiger partial charge is 0.349 e. The van der Waals surface area contributed by atoms with Crippen molar-refractivity contribution < 1.29 is 14.4 Å². The van der Waals surface area contributed by atoms with E-state index >= 15 is 0 Å². The summed E-state index contributed by atoms with van der Waals surface area (Å²) in [5.41, 5.74) is 1.09. The number of rotatable bonds is 2. The molecule has 7 heteroatoms. The zero-order valence-corrected chi connectivity index (χ0v) is 13.0. The number of piperidine rings is 1. The van der Waals surface area contributed by atoms with E-state index in [4.69, 9.17) is 0 Å². The second-order valence-electron chi connectivity index (χ2n) is 5.43. The first-order valence-electron chi connectivity index (χ1n) is 7.06. The summed E-state index contributed by atoms with van der Waals surface area (Å²) in [5.74, 6) is -0.869. The molecule has 22 heavy (non-hydrogen) atoms. The zero-order valence-electron chi connectivity index (χ0n) is 12.2. The molecule has 0 atom stereocenters. The fourth-order valence-electron chi connectivity index (χ4n) is 2.74. The molecule has 0 unspecified atom stereocenters. The summed E-state index contributed by atoms with van der Waals surface area (Å²) in [7, 11) is 1.44. The summed E-state index contributed by atoms with van der Waals surface area (Å²) in [6.45, 7) is 1.79. The number of carbonyl (C=O) groups is 3. The number of amides is 3. The van der Waals surface area contributed by atoms with E-state index in [9.17, 15) is 14.4 Å². The number of halogens is 1. The molecular weight excluding hydrogens is 306 g/mol. The smallest absolute Gasteiger partial charge is 0.261 e. The topological polar surface area (TPSA) is 78.5 Å². The highest BCUT2D eigenvalue weighted by Crippen LogP contribution is 2.22. The molecule has 2 heterocycles. The summed E-state index contributed by atoms with van der Waals surface area (Å²) in [5, 5.41) is 6.21. The van der Waals surface area contributed by atoms with Crippen molar-refractivity contribution in [2.75, 3.05) is 20.1 Å². The predicted octanol–water partition coefficient (Wildman–Crippen LogP) is 0.816. The van der Waals surface area contributed by atoms with Gasteiger partial charge in [-0.15, -0.1) is 12.4 Å². The van der Waals surface area contributed by atoms with Crippen LogP contribution in [-0.4, -0.2) is 48.8 Å². The molecule has 1 aromatic rings. The van der Waals surface area contributed by atoms with Crippen molar-refractivity contribution in [2.45, 2.75) is 18.9 Å². The third kappa shape index (κ3) is 2.84. The van der Waals surface area contributed by atoms with Gasteiger partial charge < -0.3 is 10.6 Å². The number of nitrogens with zero attached hydrogens (tertiary/aromatic N) is 1. The first-order chi connectivity index (χ1) is 10.1. The average molecular weight is 324 g/mol. The van der Waals surface area contributed by atoms with Gasteiger partial charge in [0.2, 0.25) is 0 Å². The Morgan fingerprint density at radius 3 is 2.50 bits per heavy atom. The number of imide groups is 1. The summed E-state index contributed by atoms with van der Waals surface area (Å²) in [4.78, 5) is 37.0. The minimum atomic E-state index is -0.355. The highest BCUT2D eigenvalue weighted by Gasteiger charge is 2.33. The molecule has 2 aliphatic heterocycles. The molecule has 0 saturated carbocycles. The molecule has 0 aromatic heterocycles. The maximum Gasteiger partial charge on any atom is 0.261 e. The molecular formula is C15H18ClN3O3. The highest BCUT2D eigenvalue weighted by molar-refractivity contribution is 6.21. The summed E-state index contributed by atoms with van der Waals surface area (Å²) in [6.07, 6.45) is 1.80. The Hall–Kier alpha value is -1.92. The maximum absolute atomic E-state index is 12.2. The minimum absolute atomic E-state index is 0. The lowest BCUT2D eigenvalue weighted by atomic mass is 10.0. The lowest BCUT2D eigenvalue weighted by Crippen LogP contribution is -2.42. The molecule has 1 saturated heterocycles. The Morgan fingerprint density at radius 1 is 1.18 bits per heavy atom. The van der Waals surface area contributed by atoms with E-state index < -0.39 is 0 Å². The Labute approximate surface area is 134 Å². The monoisotopic (exact) mass is 323 g/mol. The molecule has 0 radical (unpaired) electrons. The maximum atomic E-state index is 12.2. The van der Waals surface area contributed by atoms with Crippen molar-refractivity contribution in [3.8, 4) is 0 Å². The van der Waals surface area contributed by atoms with Crippen molar-refractivity contribution in [3.63, 3.8) is 0 Å². The van der Waals surface area contributed by atoms with Gasteiger partial charge in [0.1, 0.15) is 0 Å². The van der Waals surface area contributed by atoms with Gasteiger partial charge in [-0.25, -0.2) is 0 Å². The van der Waals surface area contributed by atoms with Crippen molar-refractivity contribution in [1.29, 1.82) is 0 Å². The van der Waals surface area contributed by atoms with Crippen molar-refractivity contribution in [1.82, 2.24) is 15.5 Å². The Bertz CT molecular complexity index is 626. The molecule has 0 spiro atoms. The summed E-state index contributed by atoms with van der Waals surface area (Å²) in [6, 6.07) is 4.82. The number of nitrogens with one attached hydrogen (secondary N) is 2. The van der Waals surface area contributed by atoms with Crippen LogP contribution >= 0.6 is 12.4 Å². The van der Waals surface area contributed by atoms with Gasteiger partial charge in [-0.3, -0.25) is 19.3 Å². The van der Waals surface area contributed by atoms with Crippen molar-refractivity contribution >= 4 is 30.1 Å². The summed E-state index contributed by atoms with van der Waals surface area (Å²) < 4.78 is 0. The Balaban J connectivity index is 0.00000176. The first kappa shape index (κ1) is 16.5. The molecule has 6 nitrogen and oxygen atoms in total. The highest BCUT2D eigenvalue weighted by atomic mass is 35.5.